The molecule has 8 heteroatoms. The van der Waals surface area contributed by atoms with E-state index in [1.807, 2.05) is 20.8 Å². The lowest BCUT2D eigenvalue weighted by atomic mass is 10.2. The van der Waals surface area contributed by atoms with E-state index < -0.39 is 9.84 Å². The van der Waals surface area contributed by atoms with Crippen LogP contribution >= 0.6 is 15.9 Å². The van der Waals surface area contributed by atoms with Crippen molar-refractivity contribution in [1.82, 2.24) is 14.7 Å². The van der Waals surface area contributed by atoms with Crippen molar-refractivity contribution >= 4 is 31.8 Å². The van der Waals surface area contributed by atoms with Gasteiger partial charge in [0.15, 0.2) is 5.03 Å². The zero-order valence-corrected chi connectivity index (χ0v) is 15.6. The molecule has 1 aromatic carbocycles. The van der Waals surface area contributed by atoms with Crippen LogP contribution in [-0.2, 0) is 9.84 Å². The number of hydrogen-bond acceptors (Lipinski definition) is 4. The quantitative estimate of drug-likeness (QED) is 0.791. The fourth-order valence-electron chi connectivity index (χ4n) is 2.10. The van der Waals surface area contributed by atoms with E-state index in [-0.39, 0.29) is 16.0 Å². The maximum atomic E-state index is 12.6. The van der Waals surface area contributed by atoms with Crippen molar-refractivity contribution in [2.24, 2.45) is 0 Å². The number of aromatic nitrogens is 2. The molecular formula is C15H18BrN3O3S. The maximum absolute atomic E-state index is 12.6. The summed E-state index contributed by atoms with van der Waals surface area (Å²) in [6.07, 6.45) is 1.37. The molecule has 0 bridgehead atoms. The summed E-state index contributed by atoms with van der Waals surface area (Å²) in [5.41, 5.74) is 0.810. The first-order valence-electron chi connectivity index (χ1n) is 7.17. The molecule has 0 aliphatic rings. The zero-order chi connectivity index (χ0) is 17.2. The molecule has 0 unspecified atom stereocenters. The number of rotatable bonds is 4. The SMILES string of the molecule is CCN(CC)C(=O)n1ccc(S(=O)(=O)c2ccc(Br)c(C)c2)n1. The van der Waals surface area contributed by atoms with E-state index in [1.54, 1.807) is 17.0 Å². The summed E-state index contributed by atoms with van der Waals surface area (Å²) < 4.78 is 27.1. The number of carbonyl (C=O) groups excluding carboxylic acids is 1. The highest BCUT2D eigenvalue weighted by Crippen LogP contribution is 2.24. The Bertz CT molecular complexity index is 826. The first-order valence-corrected chi connectivity index (χ1v) is 9.45. The van der Waals surface area contributed by atoms with Crippen LogP contribution in [0.15, 0.2) is 44.9 Å². The Morgan fingerprint density at radius 2 is 1.91 bits per heavy atom. The van der Waals surface area contributed by atoms with Gasteiger partial charge in [-0.3, -0.25) is 0 Å². The molecule has 1 amide bonds. The van der Waals surface area contributed by atoms with Gasteiger partial charge in [-0.1, -0.05) is 15.9 Å². The molecule has 2 aromatic rings. The summed E-state index contributed by atoms with van der Waals surface area (Å²) in [6.45, 7) is 6.58. The van der Waals surface area contributed by atoms with Crippen molar-refractivity contribution in [3.63, 3.8) is 0 Å². The zero-order valence-electron chi connectivity index (χ0n) is 13.2. The normalized spacial score (nSPS) is 11.5. The Morgan fingerprint density at radius 1 is 1.26 bits per heavy atom. The van der Waals surface area contributed by atoms with Gasteiger partial charge < -0.3 is 4.90 Å². The highest BCUT2D eigenvalue weighted by atomic mass is 79.9. The molecule has 0 saturated heterocycles. The molecule has 23 heavy (non-hydrogen) atoms. The summed E-state index contributed by atoms with van der Waals surface area (Å²) in [6, 6.07) is 5.76. The van der Waals surface area contributed by atoms with Crippen LogP contribution in [0.4, 0.5) is 4.79 Å². The minimum atomic E-state index is -3.75. The summed E-state index contributed by atoms with van der Waals surface area (Å²) in [5, 5.41) is 3.81. The lowest BCUT2D eigenvalue weighted by Gasteiger charge is -2.17. The minimum absolute atomic E-state index is 0.139. The summed E-state index contributed by atoms with van der Waals surface area (Å²) in [7, 11) is -3.75. The fourth-order valence-corrected chi connectivity index (χ4v) is 3.60. The van der Waals surface area contributed by atoms with Crippen LogP contribution in [0.2, 0.25) is 0 Å². The van der Waals surface area contributed by atoms with E-state index in [0.717, 1.165) is 14.7 Å². The van der Waals surface area contributed by atoms with Gasteiger partial charge in [0.1, 0.15) is 0 Å². The number of sulfone groups is 1. The third-order valence-electron chi connectivity index (χ3n) is 3.51. The molecule has 0 spiro atoms. The Morgan fingerprint density at radius 3 is 2.48 bits per heavy atom. The van der Waals surface area contributed by atoms with Gasteiger partial charge in [-0.15, -0.1) is 0 Å². The van der Waals surface area contributed by atoms with Gasteiger partial charge in [0.25, 0.3) is 0 Å². The third kappa shape index (κ3) is 3.48. The van der Waals surface area contributed by atoms with Crippen molar-refractivity contribution in [3.05, 3.63) is 40.5 Å². The Balaban J connectivity index is 2.39. The van der Waals surface area contributed by atoms with Gasteiger partial charge in [0.05, 0.1) is 4.90 Å². The van der Waals surface area contributed by atoms with Gasteiger partial charge in [0.2, 0.25) is 9.84 Å². The Hall–Kier alpha value is -1.67. The standard InChI is InChI=1S/C15H18BrN3O3S/c1-4-18(5-2)15(20)19-9-8-14(17-19)23(21,22)12-6-7-13(16)11(3)10-12/h6-10H,4-5H2,1-3H3. The highest BCUT2D eigenvalue weighted by Gasteiger charge is 2.23. The van der Waals surface area contributed by atoms with Crippen molar-refractivity contribution in [2.45, 2.75) is 30.7 Å². The van der Waals surface area contributed by atoms with Crippen LogP contribution in [0.1, 0.15) is 19.4 Å². The maximum Gasteiger partial charge on any atom is 0.344 e. The molecule has 1 aromatic heterocycles. The van der Waals surface area contributed by atoms with Gasteiger partial charge in [-0.05, 0) is 50.6 Å². The second kappa shape index (κ2) is 6.84. The van der Waals surface area contributed by atoms with E-state index in [9.17, 15) is 13.2 Å². The number of halogens is 1. The van der Waals surface area contributed by atoms with E-state index in [0.29, 0.717) is 13.1 Å². The third-order valence-corrected chi connectivity index (χ3v) is 6.04. The first kappa shape index (κ1) is 17.7. The summed E-state index contributed by atoms with van der Waals surface area (Å²) in [4.78, 5) is 13.9. The van der Waals surface area contributed by atoms with Gasteiger partial charge >= 0.3 is 6.03 Å². The van der Waals surface area contributed by atoms with E-state index in [4.69, 9.17) is 0 Å². The van der Waals surface area contributed by atoms with Crippen molar-refractivity contribution in [1.29, 1.82) is 0 Å². The monoisotopic (exact) mass is 399 g/mol. The predicted molar refractivity (Wildman–Crippen MR) is 90.3 cm³/mol. The minimum Gasteiger partial charge on any atom is -0.323 e. The molecular weight excluding hydrogens is 382 g/mol. The highest BCUT2D eigenvalue weighted by molar-refractivity contribution is 9.10. The molecule has 0 aliphatic heterocycles. The molecule has 2 rings (SSSR count). The van der Waals surface area contributed by atoms with Gasteiger partial charge in [-0.25, -0.2) is 13.2 Å². The fraction of sp³-hybridized carbons (Fsp3) is 0.333. The molecule has 124 valence electrons. The molecule has 1 heterocycles. The van der Waals surface area contributed by atoms with Gasteiger partial charge in [-0.2, -0.15) is 9.78 Å². The van der Waals surface area contributed by atoms with Crippen LogP contribution in [0, 0.1) is 6.92 Å². The second-order valence-corrected chi connectivity index (χ2v) is 7.72. The largest absolute Gasteiger partial charge is 0.344 e. The topological polar surface area (TPSA) is 72.3 Å². The molecule has 0 saturated carbocycles. The number of aryl methyl sites for hydroxylation is 1. The van der Waals surface area contributed by atoms with Gasteiger partial charge in [0, 0.05) is 23.8 Å². The van der Waals surface area contributed by atoms with Crippen LogP contribution in [0.3, 0.4) is 0 Å². The van der Waals surface area contributed by atoms with Crippen LogP contribution < -0.4 is 0 Å². The van der Waals surface area contributed by atoms with Crippen LogP contribution in [-0.4, -0.2) is 42.2 Å². The van der Waals surface area contributed by atoms with Crippen molar-refractivity contribution in [3.8, 4) is 0 Å². The first-order chi connectivity index (χ1) is 10.8. The summed E-state index contributed by atoms with van der Waals surface area (Å²) in [5.74, 6) is 0. The van der Waals surface area contributed by atoms with Crippen LogP contribution in [0.25, 0.3) is 0 Å². The lowest BCUT2D eigenvalue weighted by Crippen LogP contribution is -2.34. The predicted octanol–water partition coefficient (Wildman–Crippen LogP) is 3.10. The number of carbonyl (C=O) groups is 1. The van der Waals surface area contributed by atoms with E-state index in [1.165, 1.54) is 18.3 Å². The average Bonchev–Trinajstić information content (AvgIpc) is 3.01. The van der Waals surface area contributed by atoms with Crippen LogP contribution in [0.5, 0.6) is 0 Å². The number of amides is 1. The van der Waals surface area contributed by atoms with E-state index in [2.05, 4.69) is 21.0 Å². The smallest absolute Gasteiger partial charge is 0.323 e. The summed E-state index contributed by atoms with van der Waals surface area (Å²) >= 11 is 3.34. The Labute approximate surface area is 144 Å². The molecule has 0 aliphatic carbocycles. The number of nitrogens with zero attached hydrogens (tertiary/aromatic N) is 3. The Kier molecular flexibility index (Phi) is 5.26. The van der Waals surface area contributed by atoms with E-state index >= 15 is 0 Å². The molecule has 0 fully saturated rings. The average molecular weight is 400 g/mol. The molecule has 0 atom stereocenters. The van der Waals surface area contributed by atoms with Crippen molar-refractivity contribution < 1.29 is 13.2 Å². The second-order valence-electron chi connectivity index (χ2n) is 4.97. The molecule has 0 N–H and O–H groups in total. The number of hydrogen-bond donors (Lipinski definition) is 0. The molecule has 0 radical (unpaired) electrons. The van der Waals surface area contributed by atoms with Crippen molar-refractivity contribution in [2.75, 3.05) is 13.1 Å². The molecule has 6 nitrogen and oxygen atoms in total. The lowest BCUT2D eigenvalue weighted by molar-refractivity contribution is 0.201. The number of benzene rings is 1.